The molecule has 39 heavy (non-hydrogen) atoms. The number of carbonyl (C=O) groups excluding carboxylic acids is 1. The summed E-state index contributed by atoms with van der Waals surface area (Å²) in [5.41, 5.74) is 1.98. The number of nitrogens with zero attached hydrogens (tertiary/aromatic N) is 6. The predicted octanol–water partition coefficient (Wildman–Crippen LogP) is 2.67. The molecule has 0 spiro atoms. The van der Waals surface area contributed by atoms with Crippen molar-refractivity contribution in [3.63, 3.8) is 0 Å². The zero-order chi connectivity index (χ0) is 27.9. The number of nitrogens with one attached hydrogen (secondary N) is 2. The van der Waals surface area contributed by atoms with Crippen molar-refractivity contribution in [2.45, 2.75) is 45.7 Å². The molecule has 208 valence electrons. The number of aromatic nitrogens is 5. The Kier molecular flexibility index (Phi) is 7.23. The Labute approximate surface area is 223 Å². The van der Waals surface area contributed by atoms with Crippen molar-refractivity contribution in [1.82, 2.24) is 39.8 Å². The first-order chi connectivity index (χ1) is 18.5. The summed E-state index contributed by atoms with van der Waals surface area (Å²) in [6.45, 7) is 5.92. The Morgan fingerprint density at radius 3 is 2.67 bits per heavy atom. The van der Waals surface area contributed by atoms with E-state index in [4.69, 9.17) is 10.1 Å². The molecule has 3 aromatic heterocycles. The number of rotatable bonds is 7. The van der Waals surface area contributed by atoms with Gasteiger partial charge in [0, 0.05) is 43.3 Å². The van der Waals surface area contributed by atoms with E-state index in [2.05, 4.69) is 24.9 Å². The van der Waals surface area contributed by atoms with Crippen molar-refractivity contribution in [3.8, 4) is 17.1 Å². The van der Waals surface area contributed by atoms with Crippen molar-refractivity contribution in [2.75, 3.05) is 33.2 Å². The number of ether oxygens (including phenoxy) is 1. The highest BCUT2D eigenvalue weighted by molar-refractivity contribution is 6.05. The number of alkyl halides is 2. The van der Waals surface area contributed by atoms with Gasteiger partial charge in [-0.25, -0.2) is 9.97 Å². The van der Waals surface area contributed by atoms with Crippen LogP contribution in [0.1, 0.15) is 31.1 Å². The lowest BCUT2D eigenvalue weighted by Gasteiger charge is -2.35. The molecule has 1 atom stereocenters. The number of hydrogen-bond acceptors (Lipinski definition) is 8. The van der Waals surface area contributed by atoms with Crippen LogP contribution in [-0.4, -0.2) is 97.2 Å². The van der Waals surface area contributed by atoms with Gasteiger partial charge in [-0.15, -0.1) is 0 Å². The van der Waals surface area contributed by atoms with Gasteiger partial charge in [-0.3, -0.25) is 14.4 Å². The standard InChI is InChI=1S/C26H32F2N8O3/c1-26(2,3)32-24(38)17-12-29-23-22(17)31-18(13-30-23)21-16-11-15(39-25(27)28)5-6-19(16)36(33-21)14-20(37)35-9-7-34(4)8-10-35/h5-6,11-13,20,25,37H,7-10,14H2,1-4H3,(H,29,30)(H,32,38). The number of aliphatic hydroxyl groups excluding tert-OH is 1. The van der Waals surface area contributed by atoms with Crippen molar-refractivity contribution in [3.05, 3.63) is 36.2 Å². The fraction of sp³-hybridized carbons (Fsp3) is 0.462. The lowest BCUT2D eigenvalue weighted by Crippen LogP contribution is -2.50. The summed E-state index contributed by atoms with van der Waals surface area (Å²) in [5, 5.41) is 19.1. The third kappa shape index (κ3) is 5.84. The van der Waals surface area contributed by atoms with Crippen LogP contribution in [0.3, 0.4) is 0 Å². The second-order valence-electron chi connectivity index (χ2n) is 10.8. The number of carbonyl (C=O) groups is 1. The number of amides is 1. The number of likely N-dealkylation sites (N-methyl/N-ethyl adjacent to an activating group) is 1. The average molecular weight is 543 g/mol. The van der Waals surface area contributed by atoms with Gasteiger partial charge >= 0.3 is 6.61 Å². The molecular formula is C26H32F2N8O3. The van der Waals surface area contributed by atoms with Crippen LogP contribution >= 0.6 is 0 Å². The lowest BCUT2D eigenvalue weighted by molar-refractivity contribution is -0.0497. The third-order valence-electron chi connectivity index (χ3n) is 6.60. The summed E-state index contributed by atoms with van der Waals surface area (Å²) < 4.78 is 32.2. The molecule has 1 amide bonds. The Bertz CT molecular complexity index is 1490. The number of fused-ring (bicyclic) bond motifs is 2. The molecule has 1 aliphatic heterocycles. The predicted molar refractivity (Wildman–Crippen MR) is 142 cm³/mol. The van der Waals surface area contributed by atoms with E-state index in [0.717, 1.165) is 13.1 Å². The normalized spacial score (nSPS) is 16.3. The SMILES string of the molecule is CN1CCN(C(O)Cn2nc(-c3cnc4[nH]cc(C(=O)NC(C)(C)C)c4n3)c3cc(OC(F)F)ccc32)CC1. The molecule has 4 aromatic rings. The van der Waals surface area contributed by atoms with Crippen LogP contribution in [0, 0.1) is 0 Å². The Morgan fingerprint density at radius 1 is 1.23 bits per heavy atom. The number of halogens is 2. The number of benzene rings is 1. The van der Waals surface area contributed by atoms with Crippen LogP contribution in [-0.2, 0) is 6.54 Å². The second-order valence-corrected chi connectivity index (χ2v) is 10.8. The van der Waals surface area contributed by atoms with Gasteiger partial charge in [0.2, 0.25) is 0 Å². The van der Waals surface area contributed by atoms with E-state index in [-0.39, 0.29) is 18.2 Å². The quantitative estimate of drug-likeness (QED) is 0.326. The zero-order valence-corrected chi connectivity index (χ0v) is 22.3. The van der Waals surface area contributed by atoms with E-state index >= 15 is 0 Å². The summed E-state index contributed by atoms with van der Waals surface area (Å²) in [5.74, 6) is -0.336. The first kappa shape index (κ1) is 26.9. The lowest BCUT2D eigenvalue weighted by atomic mass is 10.1. The van der Waals surface area contributed by atoms with Crippen LogP contribution in [0.5, 0.6) is 5.75 Å². The van der Waals surface area contributed by atoms with Gasteiger partial charge in [0.05, 0.1) is 23.8 Å². The molecule has 1 aromatic carbocycles. The maximum absolute atomic E-state index is 13.0. The number of aromatic amines is 1. The van der Waals surface area contributed by atoms with Crippen LogP contribution in [0.15, 0.2) is 30.6 Å². The number of hydrogen-bond donors (Lipinski definition) is 3. The molecular weight excluding hydrogens is 510 g/mol. The minimum atomic E-state index is -2.99. The molecule has 1 saturated heterocycles. The molecule has 0 saturated carbocycles. The Hall–Kier alpha value is -3.68. The van der Waals surface area contributed by atoms with E-state index in [1.807, 2.05) is 32.7 Å². The summed E-state index contributed by atoms with van der Waals surface area (Å²) in [6, 6.07) is 4.54. The topological polar surface area (TPSA) is 124 Å². The Morgan fingerprint density at radius 2 is 1.97 bits per heavy atom. The molecule has 0 aliphatic carbocycles. The zero-order valence-electron chi connectivity index (χ0n) is 22.3. The molecule has 1 fully saturated rings. The third-order valence-corrected chi connectivity index (χ3v) is 6.60. The summed E-state index contributed by atoms with van der Waals surface area (Å²) in [7, 11) is 2.04. The van der Waals surface area contributed by atoms with Gasteiger partial charge in [0.25, 0.3) is 5.91 Å². The molecule has 1 aliphatic rings. The highest BCUT2D eigenvalue weighted by Crippen LogP contribution is 2.32. The molecule has 0 bridgehead atoms. The highest BCUT2D eigenvalue weighted by Gasteiger charge is 2.25. The van der Waals surface area contributed by atoms with Gasteiger partial charge in [-0.05, 0) is 46.0 Å². The smallest absolute Gasteiger partial charge is 0.387 e. The molecule has 0 radical (unpaired) electrons. The maximum Gasteiger partial charge on any atom is 0.387 e. The van der Waals surface area contributed by atoms with Gasteiger partial charge in [0.15, 0.2) is 5.65 Å². The van der Waals surface area contributed by atoms with Crippen molar-refractivity contribution in [1.29, 1.82) is 0 Å². The second kappa shape index (κ2) is 10.5. The van der Waals surface area contributed by atoms with Crippen LogP contribution in [0.4, 0.5) is 8.78 Å². The molecule has 1 unspecified atom stereocenters. The summed E-state index contributed by atoms with van der Waals surface area (Å²) in [4.78, 5) is 29.2. The van der Waals surface area contributed by atoms with Gasteiger partial charge in [-0.2, -0.15) is 13.9 Å². The molecule has 3 N–H and O–H groups in total. The monoisotopic (exact) mass is 542 g/mol. The van der Waals surface area contributed by atoms with Crippen molar-refractivity contribution < 1.29 is 23.4 Å². The molecule has 11 nitrogen and oxygen atoms in total. The van der Waals surface area contributed by atoms with E-state index in [0.29, 0.717) is 52.1 Å². The Balaban J connectivity index is 1.55. The first-order valence-electron chi connectivity index (χ1n) is 12.7. The van der Waals surface area contributed by atoms with Crippen LogP contribution in [0.25, 0.3) is 33.5 Å². The summed E-state index contributed by atoms with van der Waals surface area (Å²) >= 11 is 0. The van der Waals surface area contributed by atoms with E-state index in [9.17, 15) is 18.7 Å². The highest BCUT2D eigenvalue weighted by atomic mass is 19.3. The van der Waals surface area contributed by atoms with E-state index in [1.54, 1.807) is 16.9 Å². The molecule has 4 heterocycles. The van der Waals surface area contributed by atoms with Gasteiger partial charge in [-0.1, -0.05) is 0 Å². The fourth-order valence-electron chi connectivity index (χ4n) is 4.64. The largest absolute Gasteiger partial charge is 0.435 e. The van der Waals surface area contributed by atoms with Gasteiger partial charge in [0.1, 0.15) is 28.9 Å². The number of H-pyrrole nitrogens is 1. The van der Waals surface area contributed by atoms with Crippen molar-refractivity contribution >= 4 is 28.0 Å². The number of aliphatic hydroxyl groups is 1. The number of piperazine rings is 1. The first-order valence-corrected chi connectivity index (χ1v) is 12.7. The van der Waals surface area contributed by atoms with Crippen LogP contribution < -0.4 is 10.1 Å². The van der Waals surface area contributed by atoms with Crippen LogP contribution in [0.2, 0.25) is 0 Å². The maximum atomic E-state index is 13.0. The van der Waals surface area contributed by atoms with Crippen molar-refractivity contribution in [2.24, 2.45) is 0 Å². The fourth-order valence-corrected chi connectivity index (χ4v) is 4.64. The minimum Gasteiger partial charge on any atom is -0.435 e. The van der Waals surface area contributed by atoms with E-state index < -0.39 is 18.4 Å². The molecule has 13 heteroatoms. The molecule has 5 rings (SSSR count). The summed E-state index contributed by atoms with van der Waals surface area (Å²) in [6.07, 6.45) is 2.26. The average Bonchev–Trinajstić information content (AvgIpc) is 3.44. The van der Waals surface area contributed by atoms with E-state index in [1.165, 1.54) is 18.3 Å². The van der Waals surface area contributed by atoms with Gasteiger partial charge < -0.3 is 25.0 Å². The minimum absolute atomic E-state index is 0.0289.